The van der Waals surface area contributed by atoms with Crippen molar-refractivity contribution in [1.82, 2.24) is 4.90 Å². The van der Waals surface area contributed by atoms with Gasteiger partial charge in [-0.15, -0.1) is 0 Å². The fourth-order valence-electron chi connectivity index (χ4n) is 0.997. The lowest BCUT2D eigenvalue weighted by Gasteiger charge is -2.43. The van der Waals surface area contributed by atoms with E-state index in [2.05, 4.69) is 0 Å². The van der Waals surface area contributed by atoms with Gasteiger partial charge in [-0.05, 0) is 19.3 Å². The Labute approximate surface area is 54.8 Å². The molecule has 0 aromatic heterocycles. The second kappa shape index (κ2) is 1.99. The average Bonchev–Trinajstić information content (AvgIpc) is 1.81. The predicted octanol–water partition coefficient (Wildman–Crippen LogP) is -0.0865. The normalized spacial score (nSPS) is 22.4. The first-order valence-electron chi connectivity index (χ1n) is 3.16. The van der Waals surface area contributed by atoms with Crippen LogP contribution in [-0.2, 0) is 4.79 Å². The van der Waals surface area contributed by atoms with Crippen LogP contribution in [0.4, 0.5) is 0 Å². The van der Waals surface area contributed by atoms with Crippen LogP contribution < -0.4 is 5.73 Å². The summed E-state index contributed by atoms with van der Waals surface area (Å²) in [5, 5.41) is 0. The highest BCUT2D eigenvalue weighted by Crippen LogP contribution is 2.30. The van der Waals surface area contributed by atoms with Crippen LogP contribution in [0.5, 0.6) is 0 Å². The summed E-state index contributed by atoms with van der Waals surface area (Å²) in [6.07, 6.45) is 3.83. The Balaban J connectivity index is 2.48. The zero-order valence-electron chi connectivity index (χ0n) is 5.63. The molecule has 0 saturated heterocycles. The molecule has 3 heteroatoms. The van der Waals surface area contributed by atoms with Gasteiger partial charge in [-0.2, -0.15) is 0 Å². The van der Waals surface area contributed by atoms with Crippen LogP contribution in [0.25, 0.3) is 0 Å². The lowest BCUT2D eigenvalue weighted by atomic mass is 9.85. The predicted molar refractivity (Wildman–Crippen MR) is 34.6 cm³/mol. The molecule has 1 fully saturated rings. The van der Waals surface area contributed by atoms with E-state index in [0.717, 1.165) is 25.7 Å². The number of carbonyl (C=O) groups is 1. The lowest BCUT2D eigenvalue weighted by molar-refractivity contribution is -0.125. The maximum Gasteiger partial charge on any atom is 0.210 e. The summed E-state index contributed by atoms with van der Waals surface area (Å²) in [5.41, 5.74) is 5.45. The Morgan fingerprint density at radius 3 is 2.33 bits per heavy atom. The summed E-state index contributed by atoms with van der Waals surface area (Å²) in [5.74, 6) is 0. The molecule has 0 aromatic carbocycles. The maximum atomic E-state index is 10.2. The number of carbonyl (C=O) groups excluding carboxylic acids is 1. The van der Waals surface area contributed by atoms with Crippen molar-refractivity contribution in [3.63, 3.8) is 0 Å². The molecular formula is C6H12N2O. The zero-order valence-corrected chi connectivity index (χ0v) is 5.63. The number of rotatable bonds is 2. The maximum absolute atomic E-state index is 10.2. The van der Waals surface area contributed by atoms with Crippen LogP contribution in [0.15, 0.2) is 0 Å². The third-order valence-corrected chi connectivity index (χ3v) is 2.08. The third-order valence-electron chi connectivity index (χ3n) is 2.08. The number of hydrogen-bond acceptors (Lipinski definition) is 2. The molecule has 1 rings (SSSR count). The zero-order chi connectivity index (χ0) is 6.91. The van der Waals surface area contributed by atoms with Gasteiger partial charge in [0.1, 0.15) is 0 Å². The van der Waals surface area contributed by atoms with E-state index in [-0.39, 0.29) is 5.66 Å². The van der Waals surface area contributed by atoms with Crippen molar-refractivity contribution in [2.45, 2.75) is 24.9 Å². The van der Waals surface area contributed by atoms with Crippen LogP contribution in [0.2, 0.25) is 0 Å². The summed E-state index contributed by atoms with van der Waals surface area (Å²) in [4.78, 5) is 11.7. The number of nitrogens with two attached hydrogens (primary N) is 1. The van der Waals surface area contributed by atoms with E-state index in [1.54, 1.807) is 11.9 Å². The molecule has 0 aromatic rings. The van der Waals surface area contributed by atoms with E-state index < -0.39 is 0 Å². The van der Waals surface area contributed by atoms with Crippen LogP contribution in [0.3, 0.4) is 0 Å². The van der Waals surface area contributed by atoms with Gasteiger partial charge >= 0.3 is 0 Å². The van der Waals surface area contributed by atoms with Crippen LogP contribution in [-0.4, -0.2) is 24.0 Å². The molecule has 3 nitrogen and oxygen atoms in total. The van der Waals surface area contributed by atoms with Gasteiger partial charge in [-0.25, -0.2) is 0 Å². The van der Waals surface area contributed by atoms with Gasteiger partial charge in [0.05, 0.1) is 5.66 Å². The van der Waals surface area contributed by atoms with Crippen LogP contribution in [0, 0.1) is 0 Å². The minimum Gasteiger partial charge on any atom is -0.330 e. The molecule has 9 heavy (non-hydrogen) atoms. The summed E-state index contributed by atoms with van der Waals surface area (Å²) >= 11 is 0. The second-order valence-electron chi connectivity index (χ2n) is 2.67. The van der Waals surface area contributed by atoms with Gasteiger partial charge in [0.15, 0.2) is 0 Å². The van der Waals surface area contributed by atoms with Crippen molar-refractivity contribution < 1.29 is 4.79 Å². The highest BCUT2D eigenvalue weighted by Gasteiger charge is 2.35. The molecule has 1 amide bonds. The first kappa shape index (κ1) is 6.55. The van der Waals surface area contributed by atoms with Gasteiger partial charge in [-0.1, -0.05) is 0 Å². The Kier molecular flexibility index (Phi) is 1.45. The summed E-state index contributed by atoms with van der Waals surface area (Å²) in [7, 11) is 1.73. The second-order valence-corrected chi connectivity index (χ2v) is 2.67. The van der Waals surface area contributed by atoms with Crippen molar-refractivity contribution in [3.05, 3.63) is 0 Å². The number of amides is 1. The molecule has 1 aliphatic carbocycles. The lowest BCUT2D eigenvalue weighted by Crippen LogP contribution is -2.58. The molecule has 1 saturated carbocycles. The first-order chi connectivity index (χ1) is 4.19. The molecule has 0 spiro atoms. The van der Waals surface area contributed by atoms with Gasteiger partial charge in [0, 0.05) is 7.05 Å². The van der Waals surface area contributed by atoms with Gasteiger partial charge in [0.2, 0.25) is 6.41 Å². The van der Waals surface area contributed by atoms with Crippen molar-refractivity contribution in [1.29, 1.82) is 0 Å². The molecule has 0 aliphatic heterocycles. The molecule has 1 aliphatic rings. The van der Waals surface area contributed by atoms with Crippen molar-refractivity contribution in [3.8, 4) is 0 Å². The topological polar surface area (TPSA) is 46.3 Å². The van der Waals surface area contributed by atoms with E-state index in [0.29, 0.717) is 0 Å². The molecule has 0 bridgehead atoms. The summed E-state index contributed by atoms with van der Waals surface area (Å²) in [6.45, 7) is 0. The first-order valence-corrected chi connectivity index (χ1v) is 3.16. The standard InChI is InChI=1S/C6H12N2O/c1-8(5-9)6(7)3-2-4-6/h5H,2-4,7H2,1H3. The quantitative estimate of drug-likeness (QED) is 0.417. The van der Waals surface area contributed by atoms with E-state index in [4.69, 9.17) is 5.73 Å². The van der Waals surface area contributed by atoms with Crippen LogP contribution >= 0.6 is 0 Å². The highest BCUT2D eigenvalue weighted by atomic mass is 16.1. The Morgan fingerprint density at radius 1 is 1.67 bits per heavy atom. The molecule has 0 heterocycles. The van der Waals surface area contributed by atoms with Gasteiger partial charge in [0.25, 0.3) is 0 Å². The Hall–Kier alpha value is -0.570. The summed E-state index contributed by atoms with van der Waals surface area (Å²) in [6, 6.07) is 0. The van der Waals surface area contributed by atoms with E-state index in [1.165, 1.54) is 0 Å². The molecule has 0 radical (unpaired) electrons. The van der Waals surface area contributed by atoms with Crippen molar-refractivity contribution >= 4 is 6.41 Å². The molecule has 52 valence electrons. The van der Waals surface area contributed by atoms with E-state index in [1.807, 2.05) is 0 Å². The molecule has 2 N–H and O–H groups in total. The van der Waals surface area contributed by atoms with Crippen LogP contribution in [0.1, 0.15) is 19.3 Å². The van der Waals surface area contributed by atoms with Gasteiger partial charge in [-0.3, -0.25) is 4.79 Å². The van der Waals surface area contributed by atoms with Crippen molar-refractivity contribution in [2.75, 3.05) is 7.05 Å². The summed E-state index contributed by atoms with van der Waals surface area (Å²) < 4.78 is 0. The van der Waals surface area contributed by atoms with Gasteiger partial charge < -0.3 is 10.6 Å². The third kappa shape index (κ3) is 0.920. The SMILES string of the molecule is CN(C=O)C1(N)CCC1. The monoisotopic (exact) mass is 128 g/mol. The fourth-order valence-corrected chi connectivity index (χ4v) is 0.997. The van der Waals surface area contributed by atoms with E-state index in [9.17, 15) is 4.79 Å². The number of hydrogen-bond donors (Lipinski definition) is 1. The Morgan fingerprint density at radius 2 is 2.22 bits per heavy atom. The molecule has 0 atom stereocenters. The minimum absolute atomic E-state index is 0.304. The minimum atomic E-state index is -0.304. The average molecular weight is 128 g/mol. The Bertz CT molecular complexity index is 120. The largest absolute Gasteiger partial charge is 0.330 e. The molecular weight excluding hydrogens is 116 g/mol. The number of nitrogens with zero attached hydrogens (tertiary/aromatic N) is 1. The smallest absolute Gasteiger partial charge is 0.210 e. The molecule has 0 unspecified atom stereocenters. The van der Waals surface area contributed by atoms with E-state index >= 15 is 0 Å². The fraction of sp³-hybridized carbons (Fsp3) is 0.833. The van der Waals surface area contributed by atoms with Crippen molar-refractivity contribution in [2.24, 2.45) is 5.73 Å². The highest BCUT2D eigenvalue weighted by molar-refractivity contribution is 5.48.